The number of quaternary nitrogens is 1. The van der Waals surface area contributed by atoms with E-state index in [4.69, 9.17) is 0 Å². The monoisotopic (exact) mass is 254 g/mol. The number of carbonyl (C=O) groups excluding carboxylic acids is 1. The molecule has 0 aromatic carbocycles. The number of amides is 1. The maximum absolute atomic E-state index is 11.9. The van der Waals surface area contributed by atoms with Crippen molar-refractivity contribution in [2.24, 2.45) is 0 Å². The highest BCUT2D eigenvalue weighted by atomic mass is 16.2. The summed E-state index contributed by atoms with van der Waals surface area (Å²) >= 11 is 0. The maximum atomic E-state index is 11.9. The van der Waals surface area contributed by atoms with Crippen LogP contribution in [0.3, 0.4) is 0 Å². The first-order valence-corrected chi connectivity index (χ1v) is 7.45. The third-order valence-corrected chi connectivity index (χ3v) is 3.49. The Kier molecular flexibility index (Phi) is 8.99. The number of hydrogen-bond donors (Lipinski definition) is 0. The Balaban J connectivity index is 3.59. The Hall–Kier alpha value is -0.630. The number of likely N-dealkylation sites (N-methyl/N-ethyl adjacent to an activating group) is 1. The van der Waals surface area contributed by atoms with Crippen molar-refractivity contribution in [3.63, 3.8) is 0 Å². The van der Waals surface area contributed by atoms with E-state index in [1.165, 1.54) is 44.9 Å². The molecule has 2 heteroatoms. The first-order chi connectivity index (χ1) is 8.41. The summed E-state index contributed by atoms with van der Waals surface area (Å²) in [6, 6.07) is 0. The first kappa shape index (κ1) is 17.4. The zero-order valence-electron chi connectivity index (χ0n) is 12.9. The fraction of sp³-hybridized carbons (Fsp3) is 0.812. The molecule has 0 radical (unpaired) electrons. The largest absolute Gasteiger partial charge is 0.340 e. The maximum Gasteiger partial charge on any atom is 0.340 e. The second-order valence-electron chi connectivity index (χ2n) is 5.97. The van der Waals surface area contributed by atoms with Gasteiger partial charge in [0.2, 0.25) is 0 Å². The minimum atomic E-state index is 0.165. The van der Waals surface area contributed by atoms with Gasteiger partial charge in [0.1, 0.15) is 0 Å². The van der Waals surface area contributed by atoms with Gasteiger partial charge in [0.25, 0.3) is 0 Å². The zero-order chi connectivity index (χ0) is 14.0. The molecule has 0 unspecified atom stereocenters. The quantitative estimate of drug-likeness (QED) is 0.322. The molecule has 0 rings (SSSR count). The van der Waals surface area contributed by atoms with Gasteiger partial charge in [-0.1, -0.05) is 52.0 Å². The molecule has 0 aromatic rings. The van der Waals surface area contributed by atoms with Gasteiger partial charge >= 0.3 is 5.91 Å². The van der Waals surface area contributed by atoms with Crippen molar-refractivity contribution in [1.29, 1.82) is 0 Å². The summed E-state index contributed by atoms with van der Waals surface area (Å²) in [6.07, 6.45) is 10.5. The van der Waals surface area contributed by atoms with Crippen molar-refractivity contribution in [1.82, 2.24) is 0 Å². The van der Waals surface area contributed by atoms with Crippen LogP contribution in [0.2, 0.25) is 0 Å². The molecule has 0 fully saturated rings. The normalized spacial score (nSPS) is 11.6. The van der Waals surface area contributed by atoms with E-state index in [-0.39, 0.29) is 5.91 Å². The molecule has 0 heterocycles. The van der Waals surface area contributed by atoms with Crippen LogP contribution < -0.4 is 0 Å². The van der Waals surface area contributed by atoms with Gasteiger partial charge in [0.15, 0.2) is 0 Å². The van der Waals surface area contributed by atoms with Crippen molar-refractivity contribution < 1.29 is 9.28 Å². The van der Waals surface area contributed by atoms with E-state index >= 15 is 0 Å². The summed E-state index contributed by atoms with van der Waals surface area (Å²) in [5, 5.41) is 0. The minimum Gasteiger partial charge on any atom is -0.261 e. The molecule has 0 saturated heterocycles. The summed E-state index contributed by atoms with van der Waals surface area (Å²) < 4.78 is 0.450. The second-order valence-corrected chi connectivity index (χ2v) is 5.97. The smallest absolute Gasteiger partial charge is 0.261 e. The topological polar surface area (TPSA) is 17.1 Å². The van der Waals surface area contributed by atoms with Crippen LogP contribution in [0.4, 0.5) is 0 Å². The van der Waals surface area contributed by atoms with Gasteiger partial charge in [-0.05, 0) is 19.8 Å². The van der Waals surface area contributed by atoms with Gasteiger partial charge < -0.3 is 0 Å². The third kappa shape index (κ3) is 7.65. The lowest BCUT2D eigenvalue weighted by atomic mass is 10.1. The molecule has 2 nitrogen and oxygen atoms in total. The van der Waals surface area contributed by atoms with Crippen molar-refractivity contribution in [3.05, 3.63) is 12.2 Å². The van der Waals surface area contributed by atoms with Gasteiger partial charge in [-0.25, -0.2) is 4.79 Å². The molecule has 0 spiro atoms. The van der Waals surface area contributed by atoms with Gasteiger partial charge in [-0.3, -0.25) is 4.48 Å². The van der Waals surface area contributed by atoms with E-state index in [1.54, 1.807) is 6.92 Å². The number of nitrogens with zero attached hydrogens (tertiary/aromatic N) is 1. The molecule has 0 aliphatic heterocycles. The van der Waals surface area contributed by atoms with Crippen LogP contribution in [0.5, 0.6) is 0 Å². The number of hydrogen-bond acceptors (Lipinski definition) is 1. The van der Waals surface area contributed by atoms with E-state index in [1.807, 2.05) is 14.1 Å². The fourth-order valence-electron chi connectivity index (χ4n) is 2.26. The number of rotatable bonds is 10. The molecule has 0 atom stereocenters. The van der Waals surface area contributed by atoms with Crippen LogP contribution in [0, 0.1) is 0 Å². The summed E-state index contributed by atoms with van der Waals surface area (Å²) in [5.41, 5.74) is 0.666. The van der Waals surface area contributed by atoms with Crippen molar-refractivity contribution in [2.45, 2.75) is 65.2 Å². The van der Waals surface area contributed by atoms with Gasteiger partial charge in [0.05, 0.1) is 20.6 Å². The summed E-state index contributed by atoms with van der Waals surface area (Å²) in [5.74, 6) is 0.165. The summed E-state index contributed by atoms with van der Waals surface area (Å²) in [7, 11) is 3.97. The first-order valence-electron chi connectivity index (χ1n) is 7.45. The zero-order valence-corrected chi connectivity index (χ0v) is 12.9. The Bertz CT molecular complexity index is 256. The molecule has 0 aromatic heterocycles. The highest BCUT2D eigenvalue weighted by Crippen LogP contribution is 2.12. The van der Waals surface area contributed by atoms with E-state index in [9.17, 15) is 4.79 Å². The van der Waals surface area contributed by atoms with Crippen molar-refractivity contribution >= 4 is 5.91 Å². The van der Waals surface area contributed by atoms with Gasteiger partial charge in [-0.15, -0.1) is 0 Å². The van der Waals surface area contributed by atoms with Crippen molar-refractivity contribution in [3.8, 4) is 0 Å². The SMILES string of the molecule is C=C(C)C(=O)[N+](C)(C)CCCCCCCCCC. The van der Waals surface area contributed by atoms with Crippen LogP contribution in [0.1, 0.15) is 65.2 Å². The third-order valence-electron chi connectivity index (χ3n) is 3.49. The minimum absolute atomic E-state index is 0.165. The highest BCUT2D eigenvalue weighted by Gasteiger charge is 2.25. The lowest BCUT2D eigenvalue weighted by molar-refractivity contribution is -0.812. The predicted molar refractivity (Wildman–Crippen MR) is 79.4 cm³/mol. The lowest BCUT2D eigenvalue weighted by Gasteiger charge is -2.26. The molecule has 106 valence electrons. The molecule has 0 aliphatic carbocycles. The average molecular weight is 254 g/mol. The molecule has 0 N–H and O–H groups in total. The Morgan fingerprint density at radius 1 is 0.944 bits per heavy atom. The molecular formula is C16H32NO+. The van der Waals surface area contributed by atoms with Crippen LogP contribution in [0.25, 0.3) is 0 Å². The van der Waals surface area contributed by atoms with Crippen LogP contribution in [-0.4, -0.2) is 31.0 Å². The molecule has 1 amide bonds. The predicted octanol–water partition coefficient (Wildman–Crippen LogP) is 4.31. The van der Waals surface area contributed by atoms with E-state index < -0.39 is 0 Å². The number of unbranched alkanes of at least 4 members (excludes halogenated alkanes) is 7. The molecular weight excluding hydrogens is 222 g/mol. The standard InChI is InChI=1S/C16H32NO/c1-6-7-8-9-10-11-12-13-14-17(4,5)16(18)15(2)3/h2,6-14H2,1,3-5H3/q+1. The second kappa shape index (κ2) is 9.32. The molecule has 18 heavy (non-hydrogen) atoms. The van der Waals surface area contributed by atoms with E-state index in [0.717, 1.165) is 13.0 Å². The van der Waals surface area contributed by atoms with Crippen LogP contribution >= 0.6 is 0 Å². The van der Waals surface area contributed by atoms with Crippen LogP contribution in [-0.2, 0) is 4.79 Å². The lowest BCUT2D eigenvalue weighted by Crippen LogP contribution is -2.46. The Morgan fingerprint density at radius 3 is 1.83 bits per heavy atom. The Labute approximate surface area is 114 Å². The van der Waals surface area contributed by atoms with E-state index in [0.29, 0.717) is 10.1 Å². The van der Waals surface area contributed by atoms with Gasteiger partial charge in [-0.2, -0.15) is 0 Å². The molecule has 0 bridgehead atoms. The summed E-state index contributed by atoms with van der Waals surface area (Å²) in [4.78, 5) is 11.9. The number of carbonyl (C=O) groups is 1. The van der Waals surface area contributed by atoms with Crippen molar-refractivity contribution in [2.75, 3.05) is 20.6 Å². The summed E-state index contributed by atoms with van der Waals surface area (Å²) in [6.45, 7) is 8.72. The molecule has 0 aliphatic rings. The Morgan fingerprint density at radius 2 is 1.39 bits per heavy atom. The average Bonchev–Trinajstić information content (AvgIpc) is 2.31. The highest BCUT2D eigenvalue weighted by molar-refractivity contribution is 5.86. The van der Waals surface area contributed by atoms with Crippen LogP contribution in [0.15, 0.2) is 12.2 Å². The van der Waals surface area contributed by atoms with Gasteiger partial charge in [0, 0.05) is 5.57 Å². The van der Waals surface area contributed by atoms with E-state index in [2.05, 4.69) is 13.5 Å². The fourth-order valence-corrected chi connectivity index (χ4v) is 2.26. The molecule has 0 saturated carbocycles.